The average molecular weight is 224 g/mol. The van der Waals surface area contributed by atoms with Crippen LogP contribution in [0.15, 0.2) is 12.2 Å². The zero-order valence-corrected chi connectivity index (χ0v) is 9.42. The summed E-state index contributed by atoms with van der Waals surface area (Å²) in [6.45, 7) is 3.55. The molecule has 0 spiro atoms. The van der Waals surface area contributed by atoms with Crippen LogP contribution in [0.3, 0.4) is 0 Å². The van der Waals surface area contributed by atoms with Gasteiger partial charge in [-0.3, -0.25) is 9.59 Å². The topological polar surface area (TPSA) is 63.6 Å². The molecular weight excluding hydrogens is 208 g/mol. The van der Waals surface area contributed by atoms with Gasteiger partial charge in [0.25, 0.3) is 0 Å². The van der Waals surface area contributed by atoms with E-state index in [0.717, 1.165) is 6.42 Å². The van der Waals surface area contributed by atoms with Gasteiger partial charge in [-0.05, 0) is 32.1 Å². The number of carboxylic acids is 1. The van der Waals surface area contributed by atoms with Crippen LogP contribution in [0.25, 0.3) is 0 Å². The van der Waals surface area contributed by atoms with Crippen LogP contribution in [0.2, 0.25) is 0 Å². The summed E-state index contributed by atoms with van der Waals surface area (Å²) < 4.78 is 5.13. The standard InChI is InChI=1S/C12H16O4/c1-6(2)16-12(15)10-8-4-3-7(5-8)9(10)11(13)14/h3-4,6-10H,5H2,1-2H3,(H,13,14)/t7-,8+,9-,10+/m0/s1. The average Bonchev–Trinajstić information content (AvgIpc) is 2.74. The SMILES string of the molecule is CC(C)OC(=O)[C@H]1[C@@H](C(=O)O)[C@H]2C=C[C@@H]1C2. The number of ether oxygens (including phenoxy) is 1. The molecular formula is C12H16O4. The fraction of sp³-hybridized carbons (Fsp3) is 0.667. The van der Waals surface area contributed by atoms with Gasteiger partial charge in [-0.2, -0.15) is 0 Å². The molecule has 4 nitrogen and oxygen atoms in total. The minimum absolute atomic E-state index is 0.00668. The predicted molar refractivity (Wildman–Crippen MR) is 56.6 cm³/mol. The Bertz CT molecular complexity index is 345. The van der Waals surface area contributed by atoms with Gasteiger partial charge >= 0.3 is 11.9 Å². The fourth-order valence-corrected chi connectivity index (χ4v) is 2.79. The van der Waals surface area contributed by atoms with Crippen molar-refractivity contribution >= 4 is 11.9 Å². The maximum Gasteiger partial charge on any atom is 0.310 e. The van der Waals surface area contributed by atoms with Crippen LogP contribution < -0.4 is 0 Å². The van der Waals surface area contributed by atoms with E-state index in [0.29, 0.717) is 0 Å². The Labute approximate surface area is 94.3 Å². The van der Waals surface area contributed by atoms with Crippen molar-refractivity contribution in [2.24, 2.45) is 23.7 Å². The highest BCUT2D eigenvalue weighted by molar-refractivity contribution is 5.83. The molecule has 16 heavy (non-hydrogen) atoms. The Morgan fingerprint density at radius 1 is 1.25 bits per heavy atom. The Morgan fingerprint density at radius 2 is 1.81 bits per heavy atom. The second-order valence-corrected chi connectivity index (χ2v) is 4.82. The summed E-state index contributed by atoms with van der Waals surface area (Å²) in [5.74, 6) is -2.28. The number of hydrogen-bond donors (Lipinski definition) is 1. The van der Waals surface area contributed by atoms with Gasteiger partial charge < -0.3 is 9.84 Å². The van der Waals surface area contributed by atoms with Gasteiger partial charge in [0.2, 0.25) is 0 Å². The van der Waals surface area contributed by atoms with Gasteiger partial charge in [0.1, 0.15) is 0 Å². The zero-order chi connectivity index (χ0) is 11.9. The summed E-state index contributed by atoms with van der Waals surface area (Å²) >= 11 is 0. The number of allylic oxidation sites excluding steroid dienone is 2. The zero-order valence-electron chi connectivity index (χ0n) is 9.42. The molecule has 0 saturated heterocycles. The molecule has 0 aliphatic heterocycles. The molecule has 0 heterocycles. The molecule has 0 unspecified atom stereocenters. The third-order valence-corrected chi connectivity index (χ3v) is 3.37. The highest BCUT2D eigenvalue weighted by Crippen LogP contribution is 2.48. The Hall–Kier alpha value is -1.32. The first-order valence-corrected chi connectivity index (χ1v) is 5.62. The van der Waals surface area contributed by atoms with Crippen LogP contribution in [0.4, 0.5) is 0 Å². The van der Waals surface area contributed by atoms with Crippen LogP contribution in [-0.4, -0.2) is 23.1 Å². The van der Waals surface area contributed by atoms with E-state index >= 15 is 0 Å². The van der Waals surface area contributed by atoms with E-state index < -0.39 is 17.8 Å². The second kappa shape index (κ2) is 3.92. The summed E-state index contributed by atoms with van der Waals surface area (Å²) in [5.41, 5.74) is 0. The molecule has 4 atom stereocenters. The number of hydrogen-bond acceptors (Lipinski definition) is 3. The normalized spacial score (nSPS) is 35.7. The number of esters is 1. The van der Waals surface area contributed by atoms with Crippen LogP contribution in [0.5, 0.6) is 0 Å². The molecule has 2 rings (SSSR count). The van der Waals surface area contributed by atoms with Crippen molar-refractivity contribution in [1.82, 2.24) is 0 Å². The van der Waals surface area contributed by atoms with E-state index in [1.54, 1.807) is 13.8 Å². The first-order valence-electron chi connectivity index (χ1n) is 5.62. The fourth-order valence-electron chi connectivity index (χ4n) is 2.79. The predicted octanol–water partition coefficient (Wildman–Crippen LogP) is 1.46. The van der Waals surface area contributed by atoms with Crippen LogP contribution >= 0.6 is 0 Å². The van der Waals surface area contributed by atoms with Gasteiger partial charge in [-0.1, -0.05) is 12.2 Å². The highest BCUT2D eigenvalue weighted by Gasteiger charge is 2.52. The maximum absolute atomic E-state index is 11.8. The third-order valence-electron chi connectivity index (χ3n) is 3.37. The monoisotopic (exact) mass is 224 g/mol. The van der Waals surface area contributed by atoms with Crippen molar-refractivity contribution in [3.05, 3.63) is 12.2 Å². The number of aliphatic carboxylic acids is 1. The van der Waals surface area contributed by atoms with E-state index in [2.05, 4.69) is 0 Å². The van der Waals surface area contributed by atoms with Crippen molar-refractivity contribution < 1.29 is 19.4 Å². The van der Waals surface area contributed by atoms with Crippen molar-refractivity contribution in [3.63, 3.8) is 0 Å². The summed E-state index contributed by atoms with van der Waals surface area (Å²) in [6.07, 6.45) is 4.46. The van der Waals surface area contributed by atoms with Gasteiger partial charge in [-0.15, -0.1) is 0 Å². The number of fused-ring (bicyclic) bond motifs is 2. The van der Waals surface area contributed by atoms with E-state index in [1.165, 1.54) is 0 Å². The van der Waals surface area contributed by atoms with Crippen LogP contribution in [-0.2, 0) is 14.3 Å². The van der Waals surface area contributed by atoms with Gasteiger partial charge in [0, 0.05) is 0 Å². The summed E-state index contributed by atoms with van der Waals surface area (Å²) in [7, 11) is 0. The minimum atomic E-state index is -0.887. The molecule has 0 radical (unpaired) electrons. The van der Waals surface area contributed by atoms with Crippen molar-refractivity contribution in [3.8, 4) is 0 Å². The van der Waals surface area contributed by atoms with E-state index in [4.69, 9.17) is 9.84 Å². The van der Waals surface area contributed by atoms with E-state index in [9.17, 15) is 9.59 Å². The molecule has 0 aromatic rings. The van der Waals surface area contributed by atoms with Crippen LogP contribution in [0.1, 0.15) is 20.3 Å². The second-order valence-electron chi connectivity index (χ2n) is 4.82. The maximum atomic E-state index is 11.8. The molecule has 2 aliphatic rings. The number of carboxylic acid groups (broad SMARTS) is 1. The Morgan fingerprint density at radius 3 is 2.31 bits per heavy atom. The first kappa shape index (κ1) is 11.2. The molecule has 1 N–H and O–H groups in total. The van der Waals surface area contributed by atoms with Crippen LogP contribution in [0, 0.1) is 23.7 Å². The lowest BCUT2D eigenvalue weighted by atomic mass is 9.83. The Kier molecular flexibility index (Phi) is 2.74. The molecule has 1 saturated carbocycles. The summed E-state index contributed by atoms with van der Waals surface area (Å²) in [6, 6.07) is 0. The minimum Gasteiger partial charge on any atom is -0.481 e. The number of carbonyl (C=O) groups excluding carboxylic acids is 1. The lowest BCUT2D eigenvalue weighted by Gasteiger charge is -2.23. The first-order chi connectivity index (χ1) is 7.50. The largest absolute Gasteiger partial charge is 0.481 e. The lowest BCUT2D eigenvalue weighted by molar-refractivity contribution is -0.161. The van der Waals surface area contributed by atoms with Crippen molar-refractivity contribution in [2.45, 2.75) is 26.4 Å². The number of carbonyl (C=O) groups is 2. The summed E-state index contributed by atoms with van der Waals surface area (Å²) in [4.78, 5) is 23.0. The van der Waals surface area contributed by atoms with Gasteiger partial charge in [0.05, 0.1) is 17.9 Å². The molecule has 2 aliphatic carbocycles. The van der Waals surface area contributed by atoms with Crippen molar-refractivity contribution in [2.75, 3.05) is 0 Å². The molecule has 4 heteroatoms. The van der Waals surface area contributed by atoms with E-state index in [-0.39, 0.29) is 23.9 Å². The highest BCUT2D eigenvalue weighted by atomic mass is 16.5. The summed E-state index contributed by atoms with van der Waals surface area (Å²) in [5, 5.41) is 9.15. The molecule has 2 bridgehead atoms. The quantitative estimate of drug-likeness (QED) is 0.582. The van der Waals surface area contributed by atoms with Crippen molar-refractivity contribution in [1.29, 1.82) is 0 Å². The Balaban J connectivity index is 2.16. The third kappa shape index (κ3) is 1.72. The molecule has 0 aromatic heterocycles. The molecule has 0 amide bonds. The lowest BCUT2D eigenvalue weighted by Crippen LogP contribution is -2.35. The van der Waals surface area contributed by atoms with Gasteiger partial charge in [-0.25, -0.2) is 0 Å². The van der Waals surface area contributed by atoms with E-state index in [1.807, 2.05) is 12.2 Å². The molecule has 88 valence electrons. The number of rotatable bonds is 3. The molecule has 0 aromatic carbocycles. The molecule has 1 fully saturated rings. The smallest absolute Gasteiger partial charge is 0.310 e. The van der Waals surface area contributed by atoms with Gasteiger partial charge in [0.15, 0.2) is 0 Å².